The quantitative estimate of drug-likeness (QED) is 0.485. The van der Waals surface area contributed by atoms with Crippen molar-refractivity contribution in [2.45, 2.75) is 6.92 Å². The van der Waals surface area contributed by atoms with Crippen LogP contribution in [0.3, 0.4) is 0 Å². The normalized spacial score (nSPS) is 14.6. The van der Waals surface area contributed by atoms with Gasteiger partial charge in [0.05, 0.1) is 6.61 Å². The van der Waals surface area contributed by atoms with Crippen LogP contribution in [0.25, 0.3) is 0 Å². The Kier molecular flexibility index (Phi) is 6.23. The van der Waals surface area contributed by atoms with Crippen LogP contribution < -0.4 is 11.1 Å². The van der Waals surface area contributed by atoms with Gasteiger partial charge in [-0.15, -0.1) is 0 Å². The highest BCUT2D eigenvalue weighted by atomic mass is 16.6. The first-order valence-corrected chi connectivity index (χ1v) is 7.98. The lowest BCUT2D eigenvalue weighted by molar-refractivity contribution is -0.112. The van der Waals surface area contributed by atoms with Gasteiger partial charge in [-0.3, -0.25) is 4.79 Å². The second-order valence-electron chi connectivity index (χ2n) is 5.45. The van der Waals surface area contributed by atoms with Crippen molar-refractivity contribution in [1.29, 1.82) is 5.26 Å². The number of nitrogens with two attached hydrogens (primary N) is 1. The Hall–Kier alpha value is -3.21. The fraction of sp³-hybridized carbons (Fsp3) is 0.353. The van der Waals surface area contributed by atoms with Crippen LogP contribution in [-0.2, 0) is 9.53 Å². The molecule has 1 heterocycles. The van der Waals surface area contributed by atoms with E-state index in [1.54, 1.807) is 36.1 Å². The Balaban J connectivity index is 1.94. The smallest absolute Gasteiger partial charge is 0.409 e. The van der Waals surface area contributed by atoms with Crippen molar-refractivity contribution in [2.24, 2.45) is 0 Å². The molecule has 0 unspecified atom stereocenters. The number of anilines is 2. The maximum absolute atomic E-state index is 12.2. The van der Waals surface area contributed by atoms with Crippen molar-refractivity contribution < 1.29 is 14.3 Å². The molecular weight excluding hydrogens is 322 g/mol. The Morgan fingerprint density at radius 3 is 2.48 bits per heavy atom. The first kappa shape index (κ1) is 18.1. The van der Waals surface area contributed by atoms with Crippen molar-refractivity contribution in [3.05, 3.63) is 36.0 Å². The molecule has 0 aromatic heterocycles. The molecule has 3 N–H and O–H groups in total. The van der Waals surface area contributed by atoms with E-state index in [4.69, 9.17) is 10.5 Å². The highest BCUT2D eigenvalue weighted by Gasteiger charge is 2.21. The zero-order valence-electron chi connectivity index (χ0n) is 14.1. The summed E-state index contributed by atoms with van der Waals surface area (Å²) in [5.74, 6) is -0.486. The molecule has 25 heavy (non-hydrogen) atoms. The van der Waals surface area contributed by atoms with Crippen LogP contribution in [0.15, 0.2) is 36.0 Å². The van der Waals surface area contributed by atoms with Crippen LogP contribution >= 0.6 is 0 Å². The minimum atomic E-state index is -0.486. The number of hydrogen-bond acceptors (Lipinski definition) is 6. The van der Waals surface area contributed by atoms with Gasteiger partial charge in [-0.05, 0) is 31.2 Å². The Bertz CT molecular complexity index is 685. The van der Waals surface area contributed by atoms with E-state index in [0.717, 1.165) is 0 Å². The van der Waals surface area contributed by atoms with E-state index in [1.807, 2.05) is 11.0 Å². The fourth-order valence-corrected chi connectivity index (χ4v) is 2.33. The molecule has 8 nitrogen and oxygen atoms in total. The predicted octanol–water partition coefficient (Wildman–Crippen LogP) is 1.39. The number of benzene rings is 1. The number of carbonyl (C=O) groups excluding carboxylic acids is 2. The second-order valence-corrected chi connectivity index (χ2v) is 5.45. The van der Waals surface area contributed by atoms with Crippen LogP contribution in [0.5, 0.6) is 0 Å². The van der Waals surface area contributed by atoms with Gasteiger partial charge in [-0.2, -0.15) is 5.26 Å². The fourth-order valence-electron chi connectivity index (χ4n) is 2.33. The maximum atomic E-state index is 12.2. The molecule has 1 fully saturated rings. The summed E-state index contributed by atoms with van der Waals surface area (Å²) in [5, 5.41) is 11.9. The molecule has 132 valence electrons. The van der Waals surface area contributed by atoms with E-state index in [0.29, 0.717) is 44.2 Å². The van der Waals surface area contributed by atoms with Crippen molar-refractivity contribution >= 4 is 23.4 Å². The van der Waals surface area contributed by atoms with E-state index < -0.39 is 5.91 Å². The number of hydrogen-bond donors (Lipinski definition) is 2. The highest BCUT2D eigenvalue weighted by molar-refractivity contribution is 6.06. The number of amides is 2. The van der Waals surface area contributed by atoms with Gasteiger partial charge in [-0.25, -0.2) is 4.79 Å². The summed E-state index contributed by atoms with van der Waals surface area (Å²) < 4.78 is 4.96. The van der Waals surface area contributed by atoms with Gasteiger partial charge in [-0.1, -0.05) is 0 Å². The van der Waals surface area contributed by atoms with Crippen LogP contribution in [0, 0.1) is 11.3 Å². The highest BCUT2D eigenvalue weighted by Crippen LogP contribution is 2.12. The van der Waals surface area contributed by atoms with Crippen molar-refractivity contribution in [1.82, 2.24) is 9.80 Å². The zero-order valence-corrected chi connectivity index (χ0v) is 14.1. The molecule has 0 radical (unpaired) electrons. The molecule has 1 aromatic rings. The van der Waals surface area contributed by atoms with Gasteiger partial charge < -0.3 is 25.6 Å². The summed E-state index contributed by atoms with van der Waals surface area (Å²) in [6, 6.07) is 8.58. The molecule has 0 atom stereocenters. The minimum absolute atomic E-state index is 0.00131. The lowest BCUT2D eigenvalue weighted by atomic mass is 10.2. The number of rotatable bonds is 4. The number of nitriles is 1. The lowest BCUT2D eigenvalue weighted by Crippen LogP contribution is -2.47. The molecule has 8 heteroatoms. The predicted molar refractivity (Wildman–Crippen MR) is 93.3 cm³/mol. The summed E-state index contributed by atoms with van der Waals surface area (Å²) in [4.78, 5) is 27.3. The van der Waals surface area contributed by atoms with Crippen LogP contribution in [0.4, 0.5) is 16.2 Å². The first-order valence-electron chi connectivity index (χ1n) is 7.98. The van der Waals surface area contributed by atoms with Crippen molar-refractivity contribution in [3.63, 3.8) is 0 Å². The Labute approximate surface area is 146 Å². The number of nitrogen functional groups attached to an aromatic ring is 1. The average Bonchev–Trinajstić information content (AvgIpc) is 2.62. The third kappa shape index (κ3) is 5.14. The van der Waals surface area contributed by atoms with Crippen LogP contribution in [0.1, 0.15) is 6.92 Å². The Morgan fingerprint density at radius 1 is 1.28 bits per heavy atom. The minimum Gasteiger partial charge on any atom is -0.450 e. The van der Waals surface area contributed by atoms with Crippen LogP contribution in [0.2, 0.25) is 0 Å². The molecule has 1 aliphatic rings. The molecule has 0 bridgehead atoms. The van der Waals surface area contributed by atoms with Crippen LogP contribution in [-0.4, -0.2) is 54.6 Å². The number of ether oxygens (including phenoxy) is 1. The summed E-state index contributed by atoms with van der Waals surface area (Å²) in [5.41, 5.74) is 6.75. The van der Waals surface area contributed by atoms with E-state index in [9.17, 15) is 14.9 Å². The standard InChI is InChI=1S/C17H21N5O3/c1-2-25-17(24)22-9-7-21(8-10-22)12-13(11-18)16(23)20-15-5-3-14(19)4-6-15/h3-6,12H,2,7-10,19H2,1H3,(H,20,23)/b13-12-. The molecule has 0 spiro atoms. The zero-order chi connectivity index (χ0) is 18.2. The molecular formula is C17H21N5O3. The number of nitrogens with zero attached hydrogens (tertiary/aromatic N) is 3. The SMILES string of the molecule is CCOC(=O)N1CCN(/C=C(/C#N)C(=O)Nc2ccc(N)cc2)CC1. The molecule has 1 aromatic carbocycles. The topological polar surface area (TPSA) is 112 Å². The third-order valence-corrected chi connectivity index (χ3v) is 3.69. The summed E-state index contributed by atoms with van der Waals surface area (Å²) >= 11 is 0. The number of carbonyl (C=O) groups is 2. The van der Waals surface area contributed by atoms with Crippen molar-refractivity contribution in [2.75, 3.05) is 43.8 Å². The summed E-state index contributed by atoms with van der Waals surface area (Å²) in [6.07, 6.45) is 1.18. The largest absolute Gasteiger partial charge is 0.450 e. The molecule has 2 rings (SSSR count). The average molecular weight is 343 g/mol. The van der Waals surface area contributed by atoms with Crippen molar-refractivity contribution in [3.8, 4) is 6.07 Å². The first-order chi connectivity index (χ1) is 12.0. The Morgan fingerprint density at radius 2 is 1.92 bits per heavy atom. The second kappa shape index (κ2) is 8.59. The maximum Gasteiger partial charge on any atom is 0.409 e. The van der Waals surface area contributed by atoms with E-state index >= 15 is 0 Å². The molecule has 2 amide bonds. The van der Waals surface area contributed by atoms with Gasteiger partial charge >= 0.3 is 6.09 Å². The van der Waals surface area contributed by atoms with Gasteiger partial charge in [0, 0.05) is 43.8 Å². The third-order valence-electron chi connectivity index (χ3n) is 3.69. The monoisotopic (exact) mass is 343 g/mol. The number of nitrogens with one attached hydrogen (secondary N) is 1. The lowest BCUT2D eigenvalue weighted by Gasteiger charge is -2.33. The van der Waals surface area contributed by atoms with Gasteiger partial charge in [0.25, 0.3) is 5.91 Å². The van der Waals surface area contributed by atoms with Gasteiger partial charge in [0.15, 0.2) is 0 Å². The summed E-state index contributed by atoms with van der Waals surface area (Å²) in [6.45, 7) is 4.11. The van der Waals surface area contributed by atoms with Gasteiger partial charge in [0.1, 0.15) is 11.6 Å². The molecule has 1 aliphatic heterocycles. The van der Waals surface area contributed by atoms with E-state index in [2.05, 4.69) is 5.32 Å². The van der Waals surface area contributed by atoms with E-state index in [1.165, 1.54) is 6.20 Å². The molecule has 1 saturated heterocycles. The number of piperazine rings is 1. The van der Waals surface area contributed by atoms with E-state index in [-0.39, 0.29) is 11.7 Å². The van der Waals surface area contributed by atoms with Gasteiger partial charge in [0.2, 0.25) is 0 Å². The molecule has 0 aliphatic carbocycles. The molecule has 0 saturated carbocycles. The summed E-state index contributed by atoms with van der Waals surface area (Å²) in [7, 11) is 0.